The van der Waals surface area contributed by atoms with E-state index in [1.54, 1.807) is 37.3 Å². The van der Waals surface area contributed by atoms with Crippen molar-refractivity contribution in [2.75, 3.05) is 18.1 Å². The second-order valence-corrected chi connectivity index (χ2v) is 8.60. The van der Waals surface area contributed by atoms with E-state index in [1.807, 2.05) is 0 Å². The minimum Gasteiger partial charge on any atom is -0.457 e. The van der Waals surface area contributed by atoms with E-state index in [9.17, 15) is 24.5 Å². The molecule has 0 N–H and O–H groups in total. The molecular weight excluding hydrogens is 488 g/mol. The molecule has 1 aliphatic rings. The number of esters is 1. The van der Waals surface area contributed by atoms with Gasteiger partial charge in [0.2, 0.25) is 5.91 Å². The summed E-state index contributed by atoms with van der Waals surface area (Å²) in [6.07, 6.45) is -0.00629. The predicted octanol–water partition coefficient (Wildman–Crippen LogP) is 5.13. The maximum Gasteiger partial charge on any atom is 0.311 e. The molecule has 0 spiro atoms. The first-order valence-electron chi connectivity index (χ1n) is 11.0. The normalized spacial score (nSPS) is 15.0. The fraction of sp³-hybridized carbons (Fsp3) is 0.192. The Morgan fingerprint density at radius 2 is 1.69 bits per heavy atom. The van der Waals surface area contributed by atoms with Crippen molar-refractivity contribution < 1.29 is 28.8 Å². The van der Waals surface area contributed by atoms with Crippen molar-refractivity contribution in [3.05, 3.63) is 93.0 Å². The monoisotopic (exact) mass is 508 g/mol. The van der Waals surface area contributed by atoms with E-state index in [0.29, 0.717) is 27.8 Å². The van der Waals surface area contributed by atoms with Crippen LogP contribution >= 0.6 is 11.6 Å². The van der Waals surface area contributed by atoms with Crippen LogP contribution in [0.25, 0.3) is 0 Å². The zero-order chi connectivity index (χ0) is 25.8. The van der Waals surface area contributed by atoms with Crippen LogP contribution in [0.2, 0.25) is 5.02 Å². The zero-order valence-corrected chi connectivity index (χ0v) is 19.9. The van der Waals surface area contributed by atoms with Gasteiger partial charge in [0.15, 0.2) is 12.4 Å². The second-order valence-electron chi connectivity index (χ2n) is 8.20. The number of amides is 1. The van der Waals surface area contributed by atoms with Crippen molar-refractivity contribution in [1.29, 1.82) is 0 Å². The highest BCUT2D eigenvalue weighted by atomic mass is 35.5. The van der Waals surface area contributed by atoms with Crippen LogP contribution in [0.1, 0.15) is 22.3 Å². The quantitative estimate of drug-likeness (QED) is 0.179. The summed E-state index contributed by atoms with van der Waals surface area (Å²) >= 11 is 6.15. The van der Waals surface area contributed by atoms with Gasteiger partial charge in [0, 0.05) is 41.4 Å². The summed E-state index contributed by atoms with van der Waals surface area (Å²) in [5.74, 6) is -1.08. The first-order valence-corrected chi connectivity index (χ1v) is 11.4. The standard InChI is InChI=1S/C26H21ClN2O7/c1-16-22(27)3-2-4-23(16)28-14-18(13-25(28)31)26(32)35-15-24(30)17-5-9-20(10-6-17)36-21-11-7-19(8-12-21)29(33)34/h2-12,18H,13-15H2,1H3/t18-/m0/s1. The van der Waals surface area contributed by atoms with Crippen molar-refractivity contribution in [3.8, 4) is 11.5 Å². The Morgan fingerprint density at radius 1 is 1.06 bits per heavy atom. The van der Waals surface area contributed by atoms with Gasteiger partial charge in [-0.3, -0.25) is 24.5 Å². The molecule has 10 heteroatoms. The lowest BCUT2D eigenvalue weighted by molar-refractivity contribution is -0.384. The molecule has 3 aromatic rings. The van der Waals surface area contributed by atoms with Crippen molar-refractivity contribution >= 4 is 40.6 Å². The van der Waals surface area contributed by atoms with Gasteiger partial charge in [0.25, 0.3) is 5.69 Å². The Bertz CT molecular complexity index is 1320. The van der Waals surface area contributed by atoms with Gasteiger partial charge < -0.3 is 14.4 Å². The Hall–Kier alpha value is -4.24. The summed E-state index contributed by atoms with van der Waals surface area (Å²) in [4.78, 5) is 49.3. The summed E-state index contributed by atoms with van der Waals surface area (Å²) in [6.45, 7) is 1.50. The van der Waals surface area contributed by atoms with Crippen molar-refractivity contribution in [2.24, 2.45) is 5.92 Å². The van der Waals surface area contributed by atoms with E-state index in [0.717, 1.165) is 5.56 Å². The third kappa shape index (κ3) is 5.52. The van der Waals surface area contributed by atoms with Crippen LogP contribution in [0.4, 0.5) is 11.4 Å². The number of halogens is 1. The number of nitro groups is 1. The minimum atomic E-state index is -0.679. The Balaban J connectivity index is 1.30. The average molecular weight is 509 g/mol. The number of rotatable bonds is 8. The molecule has 9 nitrogen and oxygen atoms in total. The number of ether oxygens (including phenoxy) is 2. The number of hydrogen-bond donors (Lipinski definition) is 0. The van der Waals surface area contributed by atoms with Crippen molar-refractivity contribution in [3.63, 3.8) is 0 Å². The summed E-state index contributed by atoms with van der Waals surface area (Å²) in [5, 5.41) is 11.3. The summed E-state index contributed by atoms with van der Waals surface area (Å²) < 4.78 is 10.8. The number of benzene rings is 3. The van der Waals surface area contributed by atoms with Gasteiger partial charge in [0.05, 0.1) is 10.8 Å². The number of anilines is 1. The smallest absolute Gasteiger partial charge is 0.311 e. The molecule has 36 heavy (non-hydrogen) atoms. The Morgan fingerprint density at radius 3 is 2.33 bits per heavy atom. The fourth-order valence-corrected chi connectivity index (χ4v) is 3.98. The molecule has 1 heterocycles. The molecule has 0 aromatic heterocycles. The van der Waals surface area contributed by atoms with Crippen LogP contribution in [0.15, 0.2) is 66.7 Å². The van der Waals surface area contributed by atoms with Crippen LogP contribution in [0.5, 0.6) is 11.5 Å². The van der Waals surface area contributed by atoms with Gasteiger partial charge in [-0.05, 0) is 61.0 Å². The summed E-state index contributed by atoms with van der Waals surface area (Å²) in [5.41, 5.74) is 1.66. The predicted molar refractivity (Wildman–Crippen MR) is 132 cm³/mol. The number of non-ortho nitro benzene ring substituents is 1. The minimum absolute atomic E-state index is 0.00629. The molecular formula is C26H21ClN2O7. The molecule has 1 aliphatic heterocycles. The molecule has 0 unspecified atom stereocenters. The van der Waals surface area contributed by atoms with E-state index < -0.39 is 29.2 Å². The SMILES string of the molecule is Cc1c(Cl)cccc1N1C[C@@H](C(=O)OCC(=O)c2ccc(Oc3ccc([N+](=O)[O-])cc3)cc2)CC1=O. The lowest BCUT2D eigenvalue weighted by Gasteiger charge is -2.19. The Kier molecular flexibility index (Phi) is 7.30. The number of ketones is 1. The fourth-order valence-electron chi connectivity index (χ4n) is 3.81. The molecule has 184 valence electrons. The van der Waals surface area contributed by atoms with E-state index in [-0.39, 0.29) is 24.6 Å². The van der Waals surface area contributed by atoms with Gasteiger partial charge >= 0.3 is 5.97 Å². The third-order valence-electron chi connectivity index (χ3n) is 5.79. The van der Waals surface area contributed by atoms with E-state index in [4.69, 9.17) is 21.1 Å². The van der Waals surface area contributed by atoms with Gasteiger partial charge in [0.1, 0.15) is 11.5 Å². The third-order valence-corrected chi connectivity index (χ3v) is 6.20. The molecule has 1 saturated heterocycles. The number of Topliss-reactive ketones (excluding diaryl/α,β-unsaturated/α-hetero) is 1. The maximum absolute atomic E-state index is 12.5. The topological polar surface area (TPSA) is 116 Å². The number of carbonyl (C=O) groups is 3. The van der Waals surface area contributed by atoms with Gasteiger partial charge in [-0.25, -0.2) is 0 Å². The van der Waals surface area contributed by atoms with Gasteiger partial charge in [-0.1, -0.05) is 17.7 Å². The largest absolute Gasteiger partial charge is 0.457 e. The highest BCUT2D eigenvalue weighted by Crippen LogP contribution is 2.32. The molecule has 4 rings (SSSR count). The first-order chi connectivity index (χ1) is 17.2. The molecule has 1 atom stereocenters. The van der Waals surface area contributed by atoms with Gasteiger partial charge in [-0.15, -0.1) is 0 Å². The van der Waals surface area contributed by atoms with Crippen LogP contribution in [0.3, 0.4) is 0 Å². The number of hydrogen-bond acceptors (Lipinski definition) is 7. The maximum atomic E-state index is 12.5. The van der Waals surface area contributed by atoms with Crippen LogP contribution in [-0.2, 0) is 14.3 Å². The second kappa shape index (κ2) is 10.6. The van der Waals surface area contributed by atoms with Gasteiger partial charge in [-0.2, -0.15) is 0 Å². The van der Waals surface area contributed by atoms with E-state index in [1.165, 1.54) is 41.3 Å². The lowest BCUT2D eigenvalue weighted by atomic mass is 10.1. The van der Waals surface area contributed by atoms with Crippen LogP contribution in [0, 0.1) is 23.0 Å². The molecule has 0 bridgehead atoms. The van der Waals surface area contributed by atoms with Crippen molar-refractivity contribution in [2.45, 2.75) is 13.3 Å². The number of nitrogens with zero attached hydrogens (tertiary/aromatic N) is 2. The molecule has 0 radical (unpaired) electrons. The molecule has 1 fully saturated rings. The van der Waals surface area contributed by atoms with E-state index >= 15 is 0 Å². The molecule has 0 saturated carbocycles. The van der Waals surface area contributed by atoms with Crippen LogP contribution < -0.4 is 9.64 Å². The molecule has 0 aliphatic carbocycles. The average Bonchev–Trinajstić information content (AvgIpc) is 3.26. The number of carbonyl (C=O) groups excluding carboxylic acids is 3. The highest BCUT2D eigenvalue weighted by Gasteiger charge is 2.37. The van der Waals surface area contributed by atoms with Crippen molar-refractivity contribution in [1.82, 2.24) is 0 Å². The highest BCUT2D eigenvalue weighted by molar-refractivity contribution is 6.31. The van der Waals surface area contributed by atoms with E-state index in [2.05, 4.69) is 0 Å². The summed E-state index contributed by atoms with van der Waals surface area (Å²) in [6, 6.07) is 17.0. The molecule has 3 aromatic carbocycles. The Labute approximate surface area is 211 Å². The lowest BCUT2D eigenvalue weighted by Crippen LogP contribution is -2.27. The van der Waals surface area contributed by atoms with Crippen LogP contribution in [-0.4, -0.2) is 35.7 Å². The number of nitro benzene ring substituents is 1. The first kappa shape index (κ1) is 24.9. The zero-order valence-electron chi connectivity index (χ0n) is 19.2. The molecule has 1 amide bonds. The summed E-state index contributed by atoms with van der Waals surface area (Å²) in [7, 11) is 0.